The van der Waals surface area contributed by atoms with E-state index >= 15 is 0 Å². The quantitative estimate of drug-likeness (QED) is 0.610. The summed E-state index contributed by atoms with van der Waals surface area (Å²) in [6.45, 7) is 1.50. The van der Waals surface area contributed by atoms with Crippen LogP contribution in [0, 0.1) is 0 Å². The van der Waals surface area contributed by atoms with Crippen LogP contribution in [-0.4, -0.2) is 13.0 Å². The molecule has 3 aromatic rings. The summed E-state index contributed by atoms with van der Waals surface area (Å²) in [4.78, 5) is 25.7. The fourth-order valence-electron chi connectivity index (χ4n) is 2.21. The van der Waals surface area contributed by atoms with Crippen LogP contribution in [-0.2, 0) is 4.79 Å². The Morgan fingerprint density at radius 1 is 1.10 bits per heavy atom. The van der Waals surface area contributed by atoms with Crippen LogP contribution in [0.15, 0.2) is 45.7 Å². The summed E-state index contributed by atoms with van der Waals surface area (Å²) in [5, 5.41) is 1.35. The van der Waals surface area contributed by atoms with Crippen molar-refractivity contribution >= 4 is 59.0 Å². The zero-order valence-electron chi connectivity index (χ0n) is 11.5. The van der Waals surface area contributed by atoms with E-state index in [9.17, 15) is 9.59 Å². The zero-order chi connectivity index (χ0) is 15.1. The number of halogens is 1. The van der Waals surface area contributed by atoms with E-state index in [-0.39, 0.29) is 11.3 Å². The van der Waals surface area contributed by atoms with Crippen molar-refractivity contribution < 1.29 is 4.79 Å². The first-order chi connectivity index (χ1) is 9.97. The molecule has 0 fully saturated rings. The van der Waals surface area contributed by atoms with E-state index in [1.54, 1.807) is 24.5 Å². The molecule has 0 saturated heterocycles. The molecular formula is C16H12BrNO2S. The largest absolute Gasteiger partial charge is 0.316 e. The number of anilines is 1. The molecule has 1 heterocycles. The predicted octanol–water partition coefficient (Wildman–Crippen LogP) is 4.16. The fraction of sp³-hybridized carbons (Fsp3) is 0.125. The Morgan fingerprint density at radius 3 is 2.38 bits per heavy atom. The van der Waals surface area contributed by atoms with E-state index < -0.39 is 0 Å². The van der Waals surface area contributed by atoms with Gasteiger partial charge < -0.3 is 4.90 Å². The van der Waals surface area contributed by atoms with Gasteiger partial charge in [0.25, 0.3) is 0 Å². The molecule has 106 valence electrons. The van der Waals surface area contributed by atoms with E-state index in [0.717, 1.165) is 19.6 Å². The number of carbonyl (C=O) groups is 1. The SMILES string of the molecule is CC(=O)N(C)c1ccc2sc3ccc(Br)cc3c(=O)c2c1. The lowest BCUT2D eigenvalue weighted by molar-refractivity contribution is -0.116. The maximum atomic E-state index is 12.7. The lowest BCUT2D eigenvalue weighted by atomic mass is 10.1. The fourth-order valence-corrected chi connectivity index (χ4v) is 3.60. The van der Waals surface area contributed by atoms with Crippen LogP contribution < -0.4 is 10.3 Å². The maximum Gasteiger partial charge on any atom is 0.223 e. The minimum absolute atomic E-state index is 0.00106. The van der Waals surface area contributed by atoms with E-state index in [1.807, 2.05) is 30.3 Å². The normalized spacial score (nSPS) is 11.0. The smallest absolute Gasteiger partial charge is 0.223 e. The molecule has 0 spiro atoms. The number of nitrogens with zero attached hydrogens (tertiary/aromatic N) is 1. The van der Waals surface area contributed by atoms with Crippen LogP contribution in [0.2, 0.25) is 0 Å². The number of fused-ring (bicyclic) bond motifs is 2. The molecule has 2 aromatic carbocycles. The van der Waals surface area contributed by atoms with Crippen molar-refractivity contribution in [3.63, 3.8) is 0 Å². The summed E-state index contributed by atoms with van der Waals surface area (Å²) < 4.78 is 2.77. The van der Waals surface area contributed by atoms with Crippen LogP contribution in [0.25, 0.3) is 20.2 Å². The first kappa shape index (κ1) is 14.2. The maximum absolute atomic E-state index is 12.7. The Bertz CT molecular complexity index is 933. The van der Waals surface area contributed by atoms with Gasteiger partial charge in [0, 0.05) is 44.3 Å². The minimum Gasteiger partial charge on any atom is -0.316 e. The summed E-state index contributed by atoms with van der Waals surface area (Å²) in [6, 6.07) is 11.3. The highest BCUT2D eigenvalue weighted by Crippen LogP contribution is 2.29. The van der Waals surface area contributed by atoms with E-state index in [2.05, 4.69) is 15.9 Å². The zero-order valence-corrected chi connectivity index (χ0v) is 13.9. The first-order valence-corrected chi connectivity index (χ1v) is 7.99. The summed E-state index contributed by atoms with van der Waals surface area (Å²) in [5.41, 5.74) is 0.729. The van der Waals surface area contributed by atoms with Crippen LogP contribution in [0.5, 0.6) is 0 Å². The average Bonchev–Trinajstić information content (AvgIpc) is 2.47. The van der Waals surface area contributed by atoms with Gasteiger partial charge in [-0.3, -0.25) is 9.59 Å². The molecule has 0 aliphatic carbocycles. The van der Waals surface area contributed by atoms with Gasteiger partial charge in [-0.05, 0) is 36.4 Å². The Kier molecular flexibility index (Phi) is 3.55. The molecule has 1 amide bonds. The van der Waals surface area contributed by atoms with Gasteiger partial charge in [-0.15, -0.1) is 11.3 Å². The molecule has 0 atom stereocenters. The second kappa shape index (κ2) is 5.24. The Labute approximate surface area is 133 Å². The monoisotopic (exact) mass is 361 g/mol. The molecule has 3 rings (SSSR count). The molecule has 0 aliphatic rings. The molecule has 3 nitrogen and oxygen atoms in total. The van der Waals surface area contributed by atoms with Gasteiger partial charge in [0.1, 0.15) is 0 Å². The Hall–Kier alpha value is -1.72. The molecule has 0 N–H and O–H groups in total. The topological polar surface area (TPSA) is 37.4 Å². The summed E-state index contributed by atoms with van der Waals surface area (Å²) in [7, 11) is 1.70. The van der Waals surface area contributed by atoms with Crippen molar-refractivity contribution in [3.05, 3.63) is 51.1 Å². The molecule has 0 saturated carbocycles. The molecule has 21 heavy (non-hydrogen) atoms. The number of rotatable bonds is 1. The standard InChI is InChI=1S/C16H12BrNO2S/c1-9(19)18(2)11-4-6-15-13(8-11)16(20)12-7-10(17)3-5-14(12)21-15/h3-8H,1-2H3. The average molecular weight is 362 g/mol. The summed E-state index contributed by atoms with van der Waals surface area (Å²) >= 11 is 4.98. The molecule has 1 aromatic heterocycles. The molecular weight excluding hydrogens is 350 g/mol. The molecule has 0 radical (unpaired) electrons. The van der Waals surface area contributed by atoms with Gasteiger partial charge in [-0.2, -0.15) is 0 Å². The number of hydrogen-bond donors (Lipinski definition) is 0. The van der Waals surface area contributed by atoms with E-state index in [1.165, 1.54) is 11.8 Å². The van der Waals surface area contributed by atoms with Crippen molar-refractivity contribution in [1.82, 2.24) is 0 Å². The molecule has 0 bridgehead atoms. The van der Waals surface area contributed by atoms with Gasteiger partial charge in [-0.1, -0.05) is 15.9 Å². The van der Waals surface area contributed by atoms with Gasteiger partial charge in [0.2, 0.25) is 5.91 Å². The van der Waals surface area contributed by atoms with Crippen molar-refractivity contribution in [2.45, 2.75) is 6.92 Å². The van der Waals surface area contributed by atoms with Gasteiger partial charge >= 0.3 is 0 Å². The lowest BCUT2D eigenvalue weighted by Crippen LogP contribution is -2.22. The minimum atomic E-state index is -0.0611. The lowest BCUT2D eigenvalue weighted by Gasteiger charge is -2.15. The van der Waals surface area contributed by atoms with Crippen molar-refractivity contribution in [3.8, 4) is 0 Å². The number of benzene rings is 2. The predicted molar refractivity (Wildman–Crippen MR) is 92.4 cm³/mol. The molecule has 0 aliphatic heterocycles. The van der Waals surface area contributed by atoms with Crippen LogP contribution >= 0.6 is 27.3 Å². The number of hydrogen-bond acceptors (Lipinski definition) is 3. The van der Waals surface area contributed by atoms with Crippen LogP contribution in [0.1, 0.15) is 6.92 Å². The Morgan fingerprint density at radius 2 is 1.71 bits per heavy atom. The third kappa shape index (κ3) is 2.47. The first-order valence-electron chi connectivity index (χ1n) is 6.38. The van der Waals surface area contributed by atoms with Gasteiger partial charge in [0.05, 0.1) is 0 Å². The third-order valence-corrected chi connectivity index (χ3v) is 5.12. The van der Waals surface area contributed by atoms with Gasteiger partial charge in [-0.25, -0.2) is 0 Å². The van der Waals surface area contributed by atoms with Crippen molar-refractivity contribution in [2.24, 2.45) is 0 Å². The molecule has 0 unspecified atom stereocenters. The van der Waals surface area contributed by atoms with E-state index in [4.69, 9.17) is 0 Å². The molecule has 5 heteroatoms. The second-order valence-electron chi connectivity index (χ2n) is 4.83. The second-order valence-corrected chi connectivity index (χ2v) is 6.83. The third-order valence-electron chi connectivity index (χ3n) is 3.47. The van der Waals surface area contributed by atoms with Crippen LogP contribution in [0.3, 0.4) is 0 Å². The van der Waals surface area contributed by atoms with E-state index in [0.29, 0.717) is 10.8 Å². The highest BCUT2D eigenvalue weighted by Gasteiger charge is 2.10. The van der Waals surface area contributed by atoms with Gasteiger partial charge in [0.15, 0.2) is 5.43 Å². The highest BCUT2D eigenvalue weighted by atomic mass is 79.9. The summed E-state index contributed by atoms with van der Waals surface area (Å²) in [6.07, 6.45) is 0. The Balaban J connectivity index is 2.34. The number of amides is 1. The number of carbonyl (C=O) groups excluding carboxylic acids is 1. The van der Waals surface area contributed by atoms with Crippen molar-refractivity contribution in [2.75, 3.05) is 11.9 Å². The van der Waals surface area contributed by atoms with Crippen molar-refractivity contribution in [1.29, 1.82) is 0 Å². The van der Waals surface area contributed by atoms with Crippen LogP contribution in [0.4, 0.5) is 5.69 Å². The highest BCUT2D eigenvalue weighted by molar-refractivity contribution is 9.10. The summed E-state index contributed by atoms with van der Waals surface area (Å²) in [5.74, 6) is -0.0611.